The molecule has 0 bridgehead atoms. The van der Waals surface area contributed by atoms with Crippen LogP contribution in [0.3, 0.4) is 0 Å². The van der Waals surface area contributed by atoms with E-state index in [1.54, 1.807) is 12.4 Å². The van der Waals surface area contributed by atoms with Crippen molar-refractivity contribution in [3.8, 4) is 5.69 Å². The van der Waals surface area contributed by atoms with Gasteiger partial charge in [-0.15, -0.1) is 0 Å². The summed E-state index contributed by atoms with van der Waals surface area (Å²) in [6.07, 6.45) is 9.23. The fraction of sp³-hybridized carbons (Fsp3) is 0.350. The van der Waals surface area contributed by atoms with E-state index in [1.807, 2.05) is 34.8 Å². The van der Waals surface area contributed by atoms with Crippen LogP contribution in [0, 0.1) is 5.92 Å². The quantitative estimate of drug-likeness (QED) is 0.665. The van der Waals surface area contributed by atoms with Gasteiger partial charge in [0, 0.05) is 50.8 Å². The Morgan fingerprint density at radius 2 is 2.15 bits per heavy atom. The molecule has 1 saturated heterocycles. The SMILES string of the molecule is Cn1ccnc1C(=O)[C@H]1CCCN(Cc2cccc(-n3cccn3)c2)C1. The van der Waals surface area contributed by atoms with Crippen LogP contribution in [0.2, 0.25) is 0 Å². The van der Waals surface area contributed by atoms with Crippen molar-refractivity contribution in [1.82, 2.24) is 24.2 Å². The average Bonchev–Trinajstić information content (AvgIpc) is 3.33. The molecule has 0 aliphatic carbocycles. The van der Waals surface area contributed by atoms with Crippen LogP contribution in [0.5, 0.6) is 0 Å². The minimum atomic E-state index is 0.0270. The van der Waals surface area contributed by atoms with Gasteiger partial charge >= 0.3 is 0 Å². The molecule has 3 heterocycles. The van der Waals surface area contributed by atoms with Crippen LogP contribution < -0.4 is 0 Å². The van der Waals surface area contributed by atoms with Gasteiger partial charge < -0.3 is 4.57 Å². The number of ketones is 1. The van der Waals surface area contributed by atoms with E-state index in [4.69, 9.17) is 0 Å². The molecule has 3 aromatic rings. The summed E-state index contributed by atoms with van der Waals surface area (Å²) in [6.45, 7) is 2.66. The molecule has 134 valence electrons. The third-order valence-corrected chi connectivity index (χ3v) is 5.00. The summed E-state index contributed by atoms with van der Waals surface area (Å²) in [4.78, 5) is 19.4. The summed E-state index contributed by atoms with van der Waals surface area (Å²) in [7, 11) is 1.88. The second-order valence-corrected chi connectivity index (χ2v) is 6.92. The zero-order chi connectivity index (χ0) is 17.9. The Balaban J connectivity index is 1.45. The molecule has 0 unspecified atom stereocenters. The molecule has 0 N–H and O–H groups in total. The van der Waals surface area contributed by atoms with Crippen LogP contribution >= 0.6 is 0 Å². The van der Waals surface area contributed by atoms with Gasteiger partial charge in [0.2, 0.25) is 5.78 Å². The maximum atomic E-state index is 12.8. The molecule has 6 heteroatoms. The predicted molar refractivity (Wildman–Crippen MR) is 99.1 cm³/mol. The van der Waals surface area contributed by atoms with E-state index in [2.05, 4.69) is 39.2 Å². The number of imidazole rings is 1. The van der Waals surface area contributed by atoms with Crippen molar-refractivity contribution in [3.05, 3.63) is 66.5 Å². The summed E-state index contributed by atoms with van der Waals surface area (Å²) in [5.41, 5.74) is 2.30. The smallest absolute Gasteiger partial charge is 0.202 e. The number of carbonyl (C=O) groups excluding carboxylic acids is 1. The number of hydrogen-bond acceptors (Lipinski definition) is 4. The molecule has 0 spiro atoms. The van der Waals surface area contributed by atoms with E-state index in [-0.39, 0.29) is 11.7 Å². The zero-order valence-corrected chi connectivity index (χ0v) is 15.0. The lowest BCUT2D eigenvalue weighted by atomic mass is 9.93. The molecule has 0 amide bonds. The Labute approximate surface area is 153 Å². The van der Waals surface area contributed by atoms with Crippen LogP contribution in [0.15, 0.2) is 55.1 Å². The van der Waals surface area contributed by atoms with Crippen molar-refractivity contribution in [2.75, 3.05) is 13.1 Å². The number of likely N-dealkylation sites (tertiary alicyclic amines) is 1. The molecular weight excluding hydrogens is 326 g/mol. The Kier molecular flexibility index (Phi) is 4.67. The van der Waals surface area contributed by atoms with Crippen LogP contribution in [-0.4, -0.2) is 43.1 Å². The number of piperidine rings is 1. The van der Waals surface area contributed by atoms with E-state index < -0.39 is 0 Å². The van der Waals surface area contributed by atoms with Gasteiger partial charge in [-0.05, 0) is 43.1 Å². The van der Waals surface area contributed by atoms with Crippen LogP contribution in [-0.2, 0) is 13.6 Å². The van der Waals surface area contributed by atoms with Crippen LogP contribution in [0.1, 0.15) is 29.0 Å². The van der Waals surface area contributed by atoms with Crippen molar-refractivity contribution in [2.24, 2.45) is 13.0 Å². The zero-order valence-electron chi connectivity index (χ0n) is 15.0. The Morgan fingerprint density at radius 1 is 1.23 bits per heavy atom. The summed E-state index contributed by atoms with van der Waals surface area (Å²) in [5.74, 6) is 0.754. The highest BCUT2D eigenvalue weighted by Gasteiger charge is 2.28. The molecule has 1 aromatic carbocycles. The van der Waals surface area contributed by atoms with Crippen molar-refractivity contribution >= 4 is 5.78 Å². The first kappa shape index (κ1) is 16.7. The minimum absolute atomic E-state index is 0.0270. The average molecular weight is 349 g/mol. The van der Waals surface area contributed by atoms with Gasteiger partial charge in [0.1, 0.15) is 0 Å². The summed E-state index contributed by atoms with van der Waals surface area (Å²) in [6, 6.07) is 10.3. The van der Waals surface area contributed by atoms with Crippen molar-refractivity contribution in [1.29, 1.82) is 0 Å². The molecule has 1 aliphatic heterocycles. The molecule has 26 heavy (non-hydrogen) atoms. The molecule has 1 atom stereocenters. The summed E-state index contributed by atoms with van der Waals surface area (Å²) >= 11 is 0. The summed E-state index contributed by atoms with van der Waals surface area (Å²) < 4.78 is 3.68. The van der Waals surface area contributed by atoms with Crippen LogP contribution in [0.25, 0.3) is 5.69 Å². The first-order chi connectivity index (χ1) is 12.7. The molecule has 0 radical (unpaired) electrons. The molecule has 1 aliphatic rings. The topological polar surface area (TPSA) is 56.0 Å². The van der Waals surface area contributed by atoms with Gasteiger partial charge in [0.15, 0.2) is 5.82 Å². The van der Waals surface area contributed by atoms with Gasteiger partial charge in [0.25, 0.3) is 0 Å². The largest absolute Gasteiger partial charge is 0.332 e. The first-order valence-electron chi connectivity index (χ1n) is 9.03. The van der Waals surface area contributed by atoms with E-state index >= 15 is 0 Å². The first-order valence-corrected chi connectivity index (χ1v) is 9.03. The van der Waals surface area contributed by atoms with Crippen molar-refractivity contribution in [2.45, 2.75) is 19.4 Å². The Morgan fingerprint density at radius 3 is 2.92 bits per heavy atom. The molecule has 1 fully saturated rings. The standard InChI is InChI=1S/C20H23N5O/c1-23-12-9-21-20(23)19(26)17-6-3-10-24(15-17)14-16-5-2-7-18(13-16)25-11-4-8-22-25/h2,4-5,7-9,11-13,17H,3,6,10,14-15H2,1H3/t17-/m0/s1. The molecule has 6 nitrogen and oxygen atoms in total. The highest BCUT2D eigenvalue weighted by molar-refractivity contribution is 5.94. The van der Waals surface area contributed by atoms with Crippen LogP contribution in [0.4, 0.5) is 0 Å². The highest BCUT2D eigenvalue weighted by Crippen LogP contribution is 2.22. The second kappa shape index (κ2) is 7.25. The lowest BCUT2D eigenvalue weighted by Gasteiger charge is -2.31. The lowest BCUT2D eigenvalue weighted by molar-refractivity contribution is 0.0797. The number of benzene rings is 1. The predicted octanol–water partition coefficient (Wildman–Crippen LogP) is 2.70. The fourth-order valence-electron chi connectivity index (χ4n) is 3.68. The van der Waals surface area contributed by atoms with E-state index in [0.717, 1.165) is 38.2 Å². The van der Waals surface area contributed by atoms with E-state index in [9.17, 15) is 4.79 Å². The fourth-order valence-corrected chi connectivity index (χ4v) is 3.68. The number of rotatable bonds is 5. The maximum Gasteiger partial charge on any atom is 0.202 e. The van der Waals surface area contributed by atoms with E-state index in [0.29, 0.717) is 5.82 Å². The third-order valence-electron chi connectivity index (χ3n) is 5.00. The monoisotopic (exact) mass is 349 g/mol. The second-order valence-electron chi connectivity index (χ2n) is 6.92. The summed E-state index contributed by atoms with van der Waals surface area (Å²) in [5, 5.41) is 4.30. The number of hydrogen-bond donors (Lipinski definition) is 0. The lowest BCUT2D eigenvalue weighted by Crippen LogP contribution is -2.38. The maximum absolute atomic E-state index is 12.8. The highest BCUT2D eigenvalue weighted by atomic mass is 16.1. The normalized spacial score (nSPS) is 18.1. The number of Topliss-reactive ketones (excluding diaryl/α,β-unsaturated/α-hetero) is 1. The third kappa shape index (κ3) is 3.46. The van der Waals surface area contributed by atoms with E-state index in [1.165, 1.54) is 5.56 Å². The molecule has 4 rings (SSSR count). The van der Waals surface area contributed by atoms with Crippen molar-refractivity contribution < 1.29 is 4.79 Å². The van der Waals surface area contributed by atoms with Crippen molar-refractivity contribution in [3.63, 3.8) is 0 Å². The molecule has 2 aromatic heterocycles. The number of aromatic nitrogens is 4. The van der Waals surface area contributed by atoms with Gasteiger partial charge in [-0.25, -0.2) is 9.67 Å². The minimum Gasteiger partial charge on any atom is -0.332 e. The molecule has 0 saturated carbocycles. The van der Waals surface area contributed by atoms with Gasteiger partial charge in [0.05, 0.1) is 5.69 Å². The van der Waals surface area contributed by atoms with Gasteiger partial charge in [-0.2, -0.15) is 5.10 Å². The Hall–Kier alpha value is -2.73. The Bertz CT molecular complexity index is 883. The van der Waals surface area contributed by atoms with Gasteiger partial charge in [-0.1, -0.05) is 12.1 Å². The van der Waals surface area contributed by atoms with Gasteiger partial charge in [-0.3, -0.25) is 9.69 Å². The number of aryl methyl sites for hydroxylation is 1. The molecular formula is C20H23N5O. The number of carbonyl (C=O) groups is 1. The number of nitrogens with zero attached hydrogens (tertiary/aromatic N) is 5.